The van der Waals surface area contributed by atoms with Crippen LogP contribution in [-0.4, -0.2) is 12.8 Å². The molecule has 8 rings (SSSR count). The summed E-state index contributed by atoms with van der Waals surface area (Å²) in [5, 5.41) is 0. The van der Waals surface area contributed by atoms with Gasteiger partial charge in [-0.25, -0.2) is 0 Å². The zero-order chi connectivity index (χ0) is 36.1. The molecule has 2 fully saturated rings. The van der Waals surface area contributed by atoms with Crippen LogP contribution >= 0.6 is 0 Å². The lowest BCUT2D eigenvalue weighted by Gasteiger charge is -2.48. The highest BCUT2D eigenvalue weighted by Gasteiger charge is 2.49. The van der Waals surface area contributed by atoms with Gasteiger partial charge in [0.05, 0.1) is 0 Å². The van der Waals surface area contributed by atoms with Crippen LogP contribution in [0.5, 0.6) is 0 Å². The number of benzene rings is 4. The van der Waals surface area contributed by atoms with Crippen molar-refractivity contribution >= 4 is 51.5 Å². The zero-order valence-corrected chi connectivity index (χ0v) is 33.3. The number of hydrogen-bond donors (Lipinski definition) is 0. The summed E-state index contributed by atoms with van der Waals surface area (Å²) in [7, 11) is 0. The van der Waals surface area contributed by atoms with Crippen LogP contribution in [0.3, 0.4) is 0 Å². The second kappa shape index (κ2) is 12.6. The first-order valence-corrected chi connectivity index (χ1v) is 20.4. The molecular formula is C48H61BN2. The van der Waals surface area contributed by atoms with Gasteiger partial charge in [0.1, 0.15) is 0 Å². The molecule has 2 bridgehead atoms. The second-order valence-electron chi connectivity index (χ2n) is 19.1. The molecule has 3 heteroatoms. The van der Waals surface area contributed by atoms with E-state index in [9.17, 15) is 0 Å². The van der Waals surface area contributed by atoms with Gasteiger partial charge in [-0.15, -0.1) is 0 Å². The first kappa shape index (κ1) is 34.6. The Morgan fingerprint density at radius 3 is 1.82 bits per heavy atom. The van der Waals surface area contributed by atoms with E-state index in [-0.39, 0.29) is 12.1 Å². The van der Waals surface area contributed by atoms with Crippen molar-refractivity contribution < 1.29 is 0 Å². The molecule has 51 heavy (non-hydrogen) atoms. The summed E-state index contributed by atoms with van der Waals surface area (Å²) in [4.78, 5) is 5.55. The van der Waals surface area contributed by atoms with Gasteiger partial charge in [0.25, 0.3) is 6.71 Å². The molecule has 3 atom stereocenters. The third kappa shape index (κ3) is 5.68. The van der Waals surface area contributed by atoms with Crippen molar-refractivity contribution in [1.82, 2.24) is 0 Å². The summed E-state index contributed by atoms with van der Waals surface area (Å²) < 4.78 is 0. The predicted octanol–water partition coefficient (Wildman–Crippen LogP) is 11.6. The minimum Gasteiger partial charge on any atom is -0.339 e. The second-order valence-corrected chi connectivity index (χ2v) is 19.1. The van der Waals surface area contributed by atoms with E-state index < -0.39 is 0 Å². The van der Waals surface area contributed by atoms with Gasteiger partial charge in [0.15, 0.2) is 0 Å². The summed E-state index contributed by atoms with van der Waals surface area (Å²) in [5.41, 5.74) is 17.2. The standard InChI is InChI=1S/C48H61BN2/c1-28(2)33-14-18-38(19-15-33)50-41-20-16-34(29(3)4)24-39(41)49-40-27-37(48(9,10)11)17-21-42(40)51(43-23-32-12-13-35(43)22-32)45-26-36(25-44(50)47(45)49)46(30(5)6)31(7)8/h14-21,24-32,35,43,46H,12-13,22-23H2,1-11H3. The molecule has 0 saturated heterocycles. The first-order chi connectivity index (χ1) is 24.2. The van der Waals surface area contributed by atoms with Gasteiger partial charge in [0.2, 0.25) is 0 Å². The van der Waals surface area contributed by atoms with Crippen LogP contribution in [-0.2, 0) is 5.41 Å². The first-order valence-electron chi connectivity index (χ1n) is 20.4. The fourth-order valence-electron chi connectivity index (χ4n) is 10.8. The summed E-state index contributed by atoms with van der Waals surface area (Å²) >= 11 is 0. The Kier molecular flexibility index (Phi) is 8.55. The summed E-state index contributed by atoms with van der Waals surface area (Å²) in [5.74, 6) is 4.19. The molecule has 4 aromatic rings. The number of nitrogens with zero attached hydrogens (tertiary/aromatic N) is 2. The van der Waals surface area contributed by atoms with Crippen LogP contribution in [0.2, 0.25) is 0 Å². The van der Waals surface area contributed by atoms with Gasteiger partial charge in [0, 0.05) is 34.5 Å². The highest BCUT2D eigenvalue weighted by molar-refractivity contribution is 7.00. The van der Waals surface area contributed by atoms with Crippen molar-refractivity contribution in [3.63, 3.8) is 0 Å². The Hall–Kier alpha value is -3.46. The van der Waals surface area contributed by atoms with Crippen molar-refractivity contribution in [2.75, 3.05) is 9.80 Å². The van der Waals surface area contributed by atoms with E-state index in [2.05, 4.69) is 159 Å². The Labute approximate surface area is 310 Å². The van der Waals surface area contributed by atoms with Gasteiger partial charge >= 0.3 is 0 Å². The van der Waals surface area contributed by atoms with Gasteiger partial charge in [-0.1, -0.05) is 119 Å². The number of anilines is 5. The van der Waals surface area contributed by atoms with Crippen LogP contribution in [0, 0.1) is 23.7 Å². The Bertz CT molecular complexity index is 1940. The van der Waals surface area contributed by atoms with E-state index in [4.69, 9.17) is 0 Å². The summed E-state index contributed by atoms with van der Waals surface area (Å²) in [6.07, 6.45) is 5.51. The monoisotopic (exact) mass is 676 g/mol. The Balaban J connectivity index is 1.48. The average molecular weight is 677 g/mol. The Morgan fingerprint density at radius 2 is 1.24 bits per heavy atom. The lowest BCUT2D eigenvalue weighted by molar-refractivity contribution is 0.387. The molecule has 2 heterocycles. The maximum absolute atomic E-state index is 2.90. The van der Waals surface area contributed by atoms with Crippen molar-refractivity contribution in [3.8, 4) is 0 Å². The van der Waals surface area contributed by atoms with E-state index in [1.165, 1.54) is 92.8 Å². The fraction of sp³-hybridized carbons (Fsp3) is 0.500. The van der Waals surface area contributed by atoms with Crippen molar-refractivity contribution in [1.29, 1.82) is 0 Å². The summed E-state index contributed by atoms with van der Waals surface area (Å²) in [6, 6.07) is 30.4. The molecule has 4 aliphatic rings. The third-order valence-electron chi connectivity index (χ3n) is 13.4. The highest BCUT2D eigenvalue weighted by Crippen LogP contribution is 2.52. The molecule has 2 nitrogen and oxygen atoms in total. The van der Waals surface area contributed by atoms with Crippen LogP contribution in [0.25, 0.3) is 0 Å². The quantitative estimate of drug-likeness (QED) is 0.158. The van der Waals surface area contributed by atoms with Crippen LogP contribution in [0.1, 0.15) is 142 Å². The topological polar surface area (TPSA) is 6.48 Å². The van der Waals surface area contributed by atoms with Crippen LogP contribution < -0.4 is 26.2 Å². The summed E-state index contributed by atoms with van der Waals surface area (Å²) in [6.45, 7) is 26.3. The molecule has 266 valence electrons. The number of rotatable bonds is 7. The largest absolute Gasteiger partial charge is 0.339 e. The molecular weight excluding hydrogens is 615 g/mol. The lowest BCUT2D eigenvalue weighted by Crippen LogP contribution is -2.63. The van der Waals surface area contributed by atoms with E-state index in [0.29, 0.717) is 35.6 Å². The maximum Gasteiger partial charge on any atom is 0.252 e. The maximum atomic E-state index is 2.90. The van der Waals surface area contributed by atoms with Crippen LogP contribution in [0.15, 0.2) is 72.8 Å². The van der Waals surface area contributed by atoms with E-state index in [0.717, 1.165) is 11.8 Å². The molecule has 0 spiro atoms. The van der Waals surface area contributed by atoms with Gasteiger partial charge in [-0.3, -0.25) is 0 Å². The number of hydrogen-bond acceptors (Lipinski definition) is 2. The van der Waals surface area contributed by atoms with Crippen molar-refractivity contribution in [2.45, 2.75) is 131 Å². The minimum absolute atomic E-state index is 0.0719. The molecule has 0 aromatic heterocycles. The Morgan fingerprint density at radius 1 is 0.608 bits per heavy atom. The predicted molar refractivity (Wildman–Crippen MR) is 223 cm³/mol. The molecule has 0 N–H and O–H groups in total. The zero-order valence-electron chi connectivity index (χ0n) is 33.3. The smallest absolute Gasteiger partial charge is 0.252 e. The molecule has 0 radical (unpaired) electrons. The van der Waals surface area contributed by atoms with Gasteiger partial charge < -0.3 is 9.80 Å². The minimum atomic E-state index is 0.0719. The van der Waals surface area contributed by atoms with E-state index in [1.807, 2.05) is 0 Å². The normalized spacial score (nSPS) is 20.7. The highest BCUT2D eigenvalue weighted by atomic mass is 15.2. The van der Waals surface area contributed by atoms with Crippen molar-refractivity contribution in [3.05, 3.63) is 95.1 Å². The molecule has 2 aliphatic heterocycles. The number of fused-ring (bicyclic) bond motifs is 6. The van der Waals surface area contributed by atoms with Gasteiger partial charge in [-0.2, -0.15) is 0 Å². The average Bonchev–Trinajstić information content (AvgIpc) is 3.71. The van der Waals surface area contributed by atoms with E-state index in [1.54, 1.807) is 0 Å². The molecule has 2 saturated carbocycles. The fourth-order valence-corrected chi connectivity index (χ4v) is 10.8. The van der Waals surface area contributed by atoms with E-state index >= 15 is 0 Å². The molecule has 0 amide bonds. The van der Waals surface area contributed by atoms with Gasteiger partial charge in [-0.05, 0) is 141 Å². The molecule has 3 unspecified atom stereocenters. The molecule has 4 aromatic carbocycles. The third-order valence-corrected chi connectivity index (χ3v) is 13.4. The van der Waals surface area contributed by atoms with Crippen molar-refractivity contribution in [2.24, 2.45) is 23.7 Å². The van der Waals surface area contributed by atoms with Crippen LogP contribution in [0.4, 0.5) is 28.4 Å². The molecule has 2 aliphatic carbocycles. The lowest BCUT2D eigenvalue weighted by atomic mass is 9.33. The SMILES string of the molecule is CC(C)c1ccc(N2c3ccc(C(C)C)cc3B3c4cc(C(C)(C)C)ccc4N(C4CC5CCC4C5)c4cc(C(C(C)C)C(C)C)cc2c43)cc1.